The smallest absolute Gasteiger partial charge is 0.250 e. The summed E-state index contributed by atoms with van der Waals surface area (Å²) in [4.78, 5) is 28.3. The molecule has 0 atom stereocenters. The third-order valence-electron chi connectivity index (χ3n) is 4.58. The highest BCUT2D eigenvalue weighted by atomic mass is 16.2. The minimum absolute atomic E-state index is 0.0128. The average molecular weight is 325 g/mol. The Bertz CT molecular complexity index is 761. The fourth-order valence-corrected chi connectivity index (χ4v) is 3.02. The summed E-state index contributed by atoms with van der Waals surface area (Å²) in [5.74, 6) is 0.0128. The van der Waals surface area contributed by atoms with Gasteiger partial charge >= 0.3 is 0 Å². The molecule has 0 radical (unpaired) electrons. The lowest BCUT2D eigenvalue weighted by atomic mass is 10.1. The Hall–Kier alpha value is -2.40. The number of aryl methyl sites for hydroxylation is 1. The number of hydrogen-bond acceptors (Lipinski definition) is 3. The van der Waals surface area contributed by atoms with Crippen molar-refractivity contribution in [1.29, 1.82) is 0 Å². The molecule has 1 aromatic carbocycles. The standard InChI is InChI=1S/C19H23N3O2/c1-16-6-2-3-7-17(16)14-20-10-12-21(13-11-20)19(24)15-22-9-5-4-8-18(22)23/h2-9H,10-15H2,1H3. The first kappa shape index (κ1) is 16.5. The van der Waals surface area contributed by atoms with Gasteiger partial charge in [-0.1, -0.05) is 30.3 Å². The third kappa shape index (κ3) is 3.92. The molecule has 126 valence electrons. The SMILES string of the molecule is Cc1ccccc1CN1CCN(C(=O)Cn2ccccc2=O)CC1. The molecule has 2 heterocycles. The molecule has 1 aromatic heterocycles. The molecule has 1 fully saturated rings. The van der Waals surface area contributed by atoms with Crippen molar-refractivity contribution < 1.29 is 4.79 Å². The second-order valence-electron chi connectivity index (χ2n) is 6.25. The molecule has 5 heteroatoms. The van der Waals surface area contributed by atoms with E-state index in [1.54, 1.807) is 18.3 Å². The van der Waals surface area contributed by atoms with Crippen molar-refractivity contribution in [2.75, 3.05) is 26.2 Å². The molecule has 0 bridgehead atoms. The average Bonchev–Trinajstić information content (AvgIpc) is 2.59. The van der Waals surface area contributed by atoms with Crippen LogP contribution in [0.5, 0.6) is 0 Å². The Labute approximate surface area is 142 Å². The van der Waals surface area contributed by atoms with Crippen LogP contribution in [-0.2, 0) is 17.9 Å². The Balaban J connectivity index is 1.53. The van der Waals surface area contributed by atoms with E-state index in [2.05, 4.69) is 36.1 Å². The highest BCUT2D eigenvalue weighted by molar-refractivity contribution is 5.76. The van der Waals surface area contributed by atoms with Gasteiger partial charge in [-0.25, -0.2) is 0 Å². The summed E-state index contributed by atoms with van der Waals surface area (Å²) in [7, 11) is 0. The molecule has 0 aliphatic carbocycles. The lowest BCUT2D eigenvalue weighted by Gasteiger charge is -2.35. The molecule has 1 saturated heterocycles. The Morgan fingerprint density at radius 1 is 1.00 bits per heavy atom. The van der Waals surface area contributed by atoms with Crippen molar-refractivity contribution in [1.82, 2.24) is 14.4 Å². The van der Waals surface area contributed by atoms with Crippen molar-refractivity contribution in [3.8, 4) is 0 Å². The maximum absolute atomic E-state index is 12.4. The molecule has 0 unspecified atom stereocenters. The molecule has 1 amide bonds. The molecule has 3 rings (SSSR count). The van der Waals surface area contributed by atoms with Gasteiger partial charge in [-0.05, 0) is 24.1 Å². The monoisotopic (exact) mass is 325 g/mol. The Morgan fingerprint density at radius 2 is 1.71 bits per heavy atom. The van der Waals surface area contributed by atoms with Crippen LogP contribution in [0.1, 0.15) is 11.1 Å². The number of aromatic nitrogens is 1. The summed E-state index contributed by atoms with van der Waals surface area (Å²) in [6, 6.07) is 13.4. The fourth-order valence-electron chi connectivity index (χ4n) is 3.02. The zero-order valence-electron chi connectivity index (χ0n) is 14.0. The molecular formula is C19H23N3O2. The molecule has 24 heavy (non-hydrogen) atoms. The van der Waals surface area contributed by atoms with Crippen molar-refractivity contribution >= 4 is 5.91 Å². The molecule has 2 aromatic rings. The van der Waals surface area contributed by atoms with Crippen LogP contribution in [0.2, 0.25) is 0 Å². The lowest BCUT2D eigenvalue weighted by molar-refractivity contribution is -0.133. The van der Waals surface area contributed by atoms with Crippen LogP contribution in [0.4, 0.5) is 0 Å². The zero-order valence-corrected chi connectivity index (χ0v) is 14.0. The van der Waals surface area contributed by atoms with Crippen LogP contribution >= 0.6 is 0 Å². The van der Waals surface area contributed by atoms with Gasteiger partial charge in [-0.15, -0.1) is 0 Å². The molecule has 0 N–H and O–H groups in total. The largest absolute Gasteiger partial charge is 0.339 e. The number of piperazine rings is 1. The number of carbonyl (C=O) groups excluding carboxylic acids is 1. The van der Waals surface area contributed by atoms with E-state index in [0.717, 1.165) is 19.6 Å². The molecular weight excluding hydrogens is 302 g/mol. The van der Waals surface area contributed by atoms with Gasteiger partial charge in [-0.3, -0.25) is 14.5 Å². The lowest BCUT2D eigenvalue weighted by Crippen LogP contribution is -2.49. The number of carbonyl (C=O) groups is 1. The second-order valence-corrected chi connectivity index (χ2v) is 6.25. The van der Waals surface area contributed by atoms with E-state index < -0.39 is 0 Å². The van der Waals surface area contributed by atoms with Crippen LogP contribution in [0.15, 0.2) is 53.5 Å². The number of benzene rings is 1. The first-order valence-electron chi connectivity index (χ1n) is 8.33. The summed E-state index contributed by atoms with van der Waals surface area (Å²) in [5, 5.41) is 0. The third-order valence-corrected chi connectivity index (χ3v) is 4.58. The van der Waals surface area contributed by atoms with E-state index >= 15 is 0 Å². The van der Waals surface area contributed by atoms with Crippen LogP contribution in [0, 0.1) is 6.92 Å². The molecule has 1 aliphatic rings. The van der Waals surface area contributed by atoms with Gasteiger partial charge in [0.1, 0.15) is 6.54 Å². The number of nitrogens with zero attached hydrogens (tertiary/aromatic N) is 3. The van der Waals surface area contributed by atoms with E-state index in [1.165, 1.54) is 21.8 Å². The van der Waals surface area contributed by atoms with Crippen LogP contribution in [0.25, 0.3) is 0 Å². The van der Waals surface area contributed by atoms with Crippen molar-refractivity contribution in [2.24, 2.45) is 0 Å². The number of rotatable bonds is 4. The van der Waals surface area contributed by atoms with Crippen molar-refractivity contribution in [3.05, 3.63) is 70.1 Å². The predicted molar refractivity (Wildman–Crippen MR) is 93.7 cm³/mol. The molecule has 0 saturated carbocycles. The van der Waals surface area contributed by atoms with Gasteiger partial charge in [0.2, 0.25) is 5.91 Å². The summed E-state index contributed by atoms with van der Waals surface area (Å²) < 4.78 is 1.46. The summed E-state index contributed by atoms with van der Waals surface area (Å²) in [5.41, 5.74) is 2.51. The maximum Gasteiger partial charge on any atom is 0.250 e. The normalized spacial score (nSPS) is 15.5. The number of pyridine rings is 1. The van der Waals surface area contributed by atoms with Gasteiger partial charge in [0.25, 0.3) is 5.56 Å². The summed E-state index contributed by atoms with van der Waals surface area (Å²) in [6.07, 6.45) is 1.66. The molecule has 5 nitrogen and oxygen atoms in total. The first-order chi connectivity index (χ1) is 11.6. The molecule has 0 spiro atoms. The summed E-state index contributed by atoms with van der Waals surface area (Å²) in [6.45, 7) is 6.34. The van der Waals surface area contributed by atoms with E-state index in [9.17, 15) is 9.59 Å². The molecule has 1 aliphatic heterocycles. The van der Waals surface area contributed by atoms with Gasteiger partial charge in [0, 0.05) is 45.0 Å². The highest BCUT2D eigenvalue weighted by Crippen LogP contribution is 2.12. The van der Waals surface area contributed by atoms with E-state index in [4.69, 9.17) is 0 Å². The predicted octanol–water partition coefficient (Wildman–Crippen LogP) is 1.50. The Morgan fingerprint density at radius 3 is 2.42 bits per heavy atom. The van der Waals surface area contributed by atoms with E-state index in [0.29, 0.717) is 13.1 Å². The Kier molecular flexibility index (Phi) is 5.11. The van der Waals surface area contributed by atoms with Gasteiger partial charge in [-0.2, -0.15) is 0 Å². The minimum Gasteiger partial charge on any atom is -0.339 e. The van der Waals surface area contributed by atoms with Crippen LogP contribution < -0.4 is 5.56 Å². The van der Waals surface area contributed by atoms with Gasteiger partial charge < -0.3 is 9.47 Å². The van der Waals surface area contributed by atoms with E-state index in [1.807, 2.05) is 4.90 Å². The van der Waals surface area contributed by atoms with E-state index in [-0.39, 0.29) is 18.0 Å². The zero-order chi connectivity index (χ0) is 16.9. The van der Waals surface area contributed by atoms with Crippen molar-refractivity contribution in [3.63, 3.8) is 0 Å². The number of amides is 1. The highest BCUT2D eigenvalue weighted by Gasteiger charge is 2.21. The number of hydrogen-bond donors (Lipinski definition) is 0. The van der Waals surface area contributed by atoms with Crippen LogP contribution in [0.3, 0.4) is 0 Å². The second kappa shape index (κ2) is 7.45. The topological polar surface area (TPSA) is 45.5 Å². The van der Waals surface area contributed by atoms with Gasteiger partial charge in [0.05, 0.1) is 0 Å². The summed E-state index contributed by atoms with van der Waals surface area (Å²) >= 11 is 0. The first-order valence-corrected chi connectivity index (χ1v) is 8.33. The van der Waals surface area contributed by atoms with Crippen molar-refractivity contribution in [2.45, 2.75) is 20.0 Å². The maximum atomic E-state index is 12.4. The van der Waals surface area contributed by atoms with Gasteiger partial charge in [0.15, 0.2) is 0 Å². The van der Waals surface area contributed by atoms with Crippen LogP contribution in [-0.4, -0.2) is 46.5 Å². The quantitative estimate of drug-likeness (QED) is 0.856. The fraction of sp³-hybridized carbons (Fsp3) is 0.368. The minimum atomic E-state index is -0.135.